The molecule has 2 atom stereocenters. The van der Waals surface area contributed by atoms with Gasteiger partial charge >= 0.3 is 0 Å². The Balaban J connectivity index is 1.76. The van der Waals surface area contributed by atoms with Crippen LogP contribution < -0.4 is 18.9 Å². The molecule has 0 saturated carbocycles. The van der Waals surface area contributed by atoms with Crippen LogP contribution in [0.1, 0.15) is 11.1 Å². The Morgan fingerprint density at radius 2 is 1.29 bits per heavy atom. The lowest BCUT2D eigenvalue weighted by Crippen LogP contribution is -2.20. The number of benzene rings is 2. The summed E-state index contributed by atoms with van der Waals surface area (Å²) < 4.78 is 21.4. The molecule has 1 fully saturated rings. The maximum absolute atomic E-state index is 12.5. The van der Waals surface area contributed by atoms with E-state index in [1.165, 1.54) is 11.8 Å². The van der Waals surface area contributed by atoms with E-state index in [1.54, 1.807) is 28.4 Å². The predicted octanol–water partition coefficient (Wildman–Crippen LogP) is 4.01. The zero-order valence-corrected chi connectivity index (χ0v) is 17.5. The molecule has 1 saturated heterocycles. The summed E-state index contributed by atoms with van der Waals surface area (Å²) in [4.78, 5) is 12.5. The number of hydrogen-bond acceptors (Lipinski definition) is 6. The van der Waals surface area contributed by atoms with Crippen LogP contribution in [0.4, 0.5) is 0 Å². The third kappa shape index (κ3) is 4.38. The predicted molar refractivity (Wildman–Crippen MR) is 111 cm³/mol. The number of ether oxygens (including phenoxy) is 4. The molecule has 1 heterocycles. The molecule has 150 valence electrons. The van der Waals surface area contributed by atoms with Gasteiger partial charge in [-0.05, 0) is 54.2 Å². The van der Waals surface area contributed by atoms with Crippen LogP contribution in [0.25, 0.3) is 0 Å². The van der Waals surface area contributed by atoms with E-state index in [0.29, 0.717) is 29.4 Å². The maximum Gasteiger partial charge on any atom is 0.192 e. The lowest BCUT2D eigenvalue weighted by atomic mass is 9.85. The van der Waals surface area contributed by atoms with Gasteiger partial charge in [0.2, 0.25) is 0 Å². The first kappa shape index (κ1) is 20.4. The monoisotopic (exact) mass is 402 g/mol. The summed E-state index contributed by atoms with van der Waals surface area (Å²) in [6.07, 6.45) is 1.53. The summed E-state index contributed by atoms with van der Waals surface area (Å²) in [5.41, 5.74) is 2.23. The molecular formula is C22H26O5S. The van der Waals surface area contributed by atoms with Gasteiger partial charge in [0.15, 0.2) is 28.1 Å². The van der Waals surface area contributed by atoms with Gasteiger partial charge in [0.1, 0.15) is 0 Å². The van der Waals surface area contributed by atoms with E-state index in [0.717, 1.165) is 23.3 Å². The van der Waals surface area contributed by atoms with Crippen LogP contribution in [0.2, 0.25) is 0 Å². The molecule has 0 bridgehead atoms. The number of methoxy groups -OCH3 is 4. The molecule has 6 heteroatoms. The molecule has 5 nitrogen and oxygen atoms in total. The molecule has 0 aliphatic carbocycles. The van der Waals surface area contributed by atoms with Crippen LogP contribution in [0.15, 0.2) is 36.4 Å². The third-order valence-corrected chi connectivity index (χ3v) is 6.34. The maximum atomic E-state index is 12.5. The van der Waals surface area contributed by atoms with Crippen LogP contribution in [-0.2, 0) is 17.6 Å². The molecule has 3 rings (SSSR count). The van der Waals surface area contributed by atoms with Gasteiger partial charge in [-0.25, -0.2) is 0 Å². The smallest absolute Gasteiger partial charge is 0.192 e. The van der Waals surface area contributed by atoms with E-state index in [4.69, 9.17) is 18.9 Å². The van der Waals surface area contributed by atoms with Crippen molar-refractivity contribution in [3.05, 3.63) is 47.5 Å². The number of rotatable bonds is 8. The van der Waals surface area contributed by atoms with Crippen molar-refractivity contribution in [2.24, 2.45) is 11.8 Å². The second-order valence-corrected chi connectivity index (χ2v) is 7.81. The van der Waals surface area contributed by atoms with E-state index < -0.39 is 0 Å². The van der Waals surface area contributed by atoms with Gasteiger partial charge in [0.25, 0.3) is 0 Å². The minimum absolute atomic E-state index is 0.0174. The average Bonchev–Trinajstić information content (AvgIpc) is 3.06. The Kier molecular flexibility index (Phi) is 6.73. The zero-order chi connectivity index (χ0) is 20.1. The Bertz CT molecular complexity index is 836. The highest BCUT2D eigenvalue weighted by atomic mass is 32.2. The highest BCUT2D eigenvalue weighted by Gasteiger charge is 2.35. The fourth-order valence-corrected chi connectivity index (χ4v) is 4.85. The third-order valence-electron chi connectivity index (χ3n) is 5.16. The Hall–Kier alpha value is -2.34. The molecule has 28 heavy (non-hydrogen) atoms. The van der Waals surface area contributed by atoms with Crippen molar-refractivity contribution in [1.29, 1.82) is 0 Å². The van der Waals surface area contributed by atoms with Crippen molar-refractivity contribution in [3.8, 4) is 23.0 Å². The Morgan fingerprint density at radius 1 is 0.786 bits per heavy atom. The summed E-state index contributed by atoms with van der Waals surface area (Å²) in [5, 5.41) is 0.264. The van der Waals surface area contributed by atoms with Crippen molar-refractivity contribution in [3.63, 3.8) is 0 Å². The van der Waals surface area contributed by atoms with Gasteiger partial charge in [0, 0.05) is 11.7 Å². The molecule has 0 N–H and O–H groups in total. The standard InChI is InChI=1S/C22H26O5S/c1-24-18-7-5-14(11-20(18)26-3)9-16-13-28-22(23)17(16)10-15-6-8-19(25-2)21(12-15)27-4/h5-8,11-12,16-17H,9-10,13H2,1-4H3/t16-,17+/m0/s1. The summed E-state index contributed by atoms with van der Waals surface area (Å²) >= 11 is 1.44. The Labute approximate surface area is 170 Å². The number of hydrogen-bond donors (Lipinski definition) is 0. The quantitative estimate of drug-likeness (QED) is 0.665. The summed E-state index contributed by atoms with van der Waals surface area (Å²) in [6.45, 7) is 0. The molecule has 2 aromatic rings. The van der Waals surface area contributed by atoms with Crippen molar-refractivity contribution in [2.45, 2.75) is 12.8 Å². The van der Waals surface area contributed by atoms with E-state index in [9.17, 15) is 4.79 Å². The van der Waals surface area contributed by atoms with Gasteiger partial charge in [0.05, 0.1) is 28.4 Å². The van der Waals surface area contributed by atoms with Crippen LogP contribution >= 0.6 is 11.8 Å². The van der Waals surface area contributed by atoms with E-state index in [1.807, 2.05) is 36.4 Å². The molecule has 2 aromatic carbocycles. The molecule has 0 aromatic heterocycles. The van der Waals surface area contributed by atoms with Crippen molar-refractivity contribution >= 4 is 16.9 Å². The lowest BCUT2D eigenvalue weighted by molar-refractivity contribution is -0.114. The molecule has 0 unspecified atom stereocenters. The van der Waals surface area contributed by atoms with Gasteiger partial charge in [-0.15, -0.1) is 0 Å². The van der Waals surface area contributed by atoms with E-state index in [2.05, 4.69) is 0 Å². The SMILES string of the molecule is COc1ccc(C[C@H]2CSC(=O)[C@@H]2Cc2ccc(OC)c(OC)c2)cc1OC. The number of carbonyl (C=O) groups is 1. The van der Waals surface area contributed by atoms with Crippen molar-refractivity contribution < 1.29 is 23.7 Å². The first-order chi connectivity index (χ1) is 13.6. The fourth-order valence-electron chi connectivity index (χ4n) is 3.63. The summed E-state index contributed by atoms with van der Waals surface area (Å²) in [6, 6.07) is 11.8. The first-order valence-corrected chi connectivity index (χ1v) is 10.2. The molecular weight excluding hydrogens is 376 g/mol. The van der Waals surface area contributed by atoms with Crippen molar-refractivity contribution in [1.82, 2.24) is 0 Å². The second kappa shape index (κ2) is 9.24. The second-order valence-electron chi connectivity index (χ2n) is 6.78. The van der Waals surface area contributed by atoms with Gasteiger partial charge in [-0.2, -0.15) is 0 Å². The Morgan fingerprint density at radius 3 is 1.79 bits per heavy atom. The van der Waals surface area contributed by atoms with Crippen molar-refractivity contribution in [2.75, 3.05) is 34.2 Å². The van der Waals surface area contributed by atoms with E-state index in [-0.39, 0.29) is 17.0 Å². The highest BCUT2D eigenvalue weighted by molar-refractivity contribution is 8.14. The van der Waals surface area contributed by atoms with Gasteiger partial charge in [-0.3, -0.25) is 4.79 Å². The van der Waals surface area contributed by atoms with E-state index >= 15 is 0 Å². The largest absolute Gasteiger partial charge is 0.493 e. The van der Waals surface area contributed by atoms with Crippen LogP contribution in [0, 0.1) is 11.8 Å². The molecule has 0 spiro atoms. The van der Waals surface area contributed by atoms with Crippen LogP contribution in [0.3, 0.4) is 0 Å². The normalized spacial score (nSPS) is 18.8. The minimum atomic E-state index is -0.0174. The zero-order valence-electron chi connectivity index (χ0n) is 16.7. The topological polar surface area (TPSA) is 54.0 Å². The van der Waals surface area contributed by atoms with Crippen LogP contribution in [0.5, 0.6) is 23.0 Å². The molecule has 1 aliphatic heterocycles. The van der Waals surface area contributed by atoms with Gasteiger partial charge < -0.3 is 18.9 Å². The molecule has 0 amide bonds. The first-order valence-electron chi connectivity index (χ1n) is 9.18. The fraction of sp³-hybridized carbons (Fsp3) is 0.409. The summed E-state index contributed by atoms with van der Waals surface area (Å²) in [5.74, 6) is 3.92. The number of thioether (sulfide) groups is 1. The number of carbonyl (C=O) groups excluding carboxylic acids is 1. The lowest BCUT2D eigenvalue weighted by Gasteiger charge is -2.19. The highest BCUT2D eigenvalue weighted by Crippen LogP contribution is 2.38. The van der Waals surface area contributed by atoms with Gasteiger partial charge in [-0.1, -0.05) is 23.9 Å². The average molecular weight is 403 g/mol. The van der Waals surface area contributed by atoms with Crippen LogP contribution in [-0.4, -0.2) is 39.3 Å². The molecule has 0 radical (unpaired) electrons. The molecule has 1 aliphatic rings. The minimum Gasteiger partial charge on any atom is -0.493 e. The summed E-state index contributed by atoms with van der Waals surface area (Å²) in [7, 11) is 6.51.